The molecule has 3 N–H and O–H groups in total. The zero-order valence-corrected chi connectivity index (χ0v) is 16.3. The molecule has 1 unspecified atom stereocenters. The molecule has 1 amide bonds. The Kier molecular flexibility index (Phi) is 5.52. The van der Waals surface area contributed by atoms with Crippen LogP contribution in [-0.4, -0.2) is 19.3 Å². The highest BCUT2D eigenvalue weighted by molar-refractivity contribution is 7.89. The van der Waals surface area contributed by atoms with Crippen LogP contribution in [0.15, 0.2) is 51.4 Å². The van der Waals surface area contributed by atoms with Gasteiger partial charge in [0.2, 0.25) is 15.9 Å². The summed E-state index contributed by atoms with van der Waals surface area (Å²) >= 11 is 3.11. The molecular weight excluding hydrogens is 390 g/mol. The Morgan fingerprint density at radius 3 is 2.81 bits per heavy atom. The zero-order chi connectivity index (χ0) is 18.7. The summed E-state index contributed by atoms with van der Waals surface area (Å²) in [7, 11) is -3.78. The summed E-state index contributed by atoms with van der Waals surface area (Å²) in [6, 6.07) is 7.89. The number of carbonyl (C=O) groups is 1. The Hall–Kier alpha value is -2.07. The number of nitrogens with two attached hydrogens (primary N) is 1. The molecule has 0 saturated heterocycles. The molecule has 0 spiro atoms. The van der Waals surface area contributed by atoms with Crippen LogP contribution in [0.25, 0.3) is 10.6 Å². The Labute approximate surface area is 159 Å². The Morgan fingerprint density at radius 2 is 2.12 bits per heavy atom. The van der Waals surface area contributed by atoms with Gasteiger partial charge in [0, 0.05) is 16.3 Å². The Morgan fingerprint density at radius 1 is 1.31 bits per heavy atom. The van der Waals surface area contributed by atoms with Crippen molar-refractivity contribution in [3.05, 3.63) is 57.7 Å². The van der Waals surface area contributed by atoms with E-state index in [0.29, 0.717) is 11.3 Å². The summed E-state index contributed by atoms with van der Waals surface area (Å²) < 4.78 is 22.9. The zero-order valence-electron chi connectivity index (χ0n) is 13.9. The summed E-state index contributed by atoms with van der Waals surface area (Å²) in [4.78, 5) is 16.8. The van der Waals surface area contributed by atoms with Crippen molar-refractivity contribution in [2.45, 2.75) is 24.3 Å². The monoisotopic (exact) mass is 407 g/mol. The van der Waals surface area contributed by atoms with Crippen LogP contribution in [0.5, 0.6) is 0 Å². The minimum Gasteiger partial charge on any atom is -0.349 e. The molecule has 2 aromatic heterocycles. The van der Waals surface area contributed by atoms with E-state index in [1.165, 1.54) is 23.5 Å². The van der Waals surface area contributed by atoms with Gasteiger partial charge in [0.15, 0.2) is 0 Å². The number of hydrogen-bond donors (Lipinski definition) is 2. The average Bonchev–Trinajstić information content (AvgIpc) is 3.25. The van der Waals surface area contributed by atoms with Crippen molar-refractivity contribution in [2.75, 3.05) is 0 Å². The van der Waals surface area contributed by atoms with Crippen molar-refractivity contribution in [1.29, 1.82) is 0 Å². The van der Waals surface area contributed by atoms with Gasteiger partial charge in [-0.15, -0.1) is 11.3 Å². The topological polar surface area (TPSA) is 102 Å². The minimum absolute atomic E-state index is 0.0241. The van der Waals surface area contributed by atoms with Crippen LogP contribution in [0.3, 0.4) is 0 Å². The molecule has 3 aromatic rings. The third-order valence-electron chi connectivity index (χ3n) is 3.73. The van der Waals surface area contributed by atoms with Crippen molar-refractivity contribution >= 4 is 38.6 Å². The predicted molar refractivity (Wildman–Crippen MR) is 104 cm³/mol. The lowest BCUT2D eigenvalue weighted by molar-refractivity contribution is -0.121. The molecule has 1 atom stereocenters. The maximum atomic E-state index is 12.3. The summed E-state index contributed by atoms with van der Waals surface area (Å²) in [6.45, 7) is 1.79. The first-order chi connectivity index (χ1) is 12.3. The van der Waals surface area contributed by atoms with Gasteiger partial charge in [0.25, 0.3) is 0 Å². The van der Waals surface area contributed by atoms with Gasteiger partial charge in [-0.1, -0.05) is 12.1 Å². The normalized spacial score (nSPS) is 12.7. The van der Waals surface area contributed by atoms with Crippen molar-refractivity contribution in [2.24, 2.45) is 5.14 Å². The van der Waals surface area contributed by atoms with Gasteiger partial charge in [-0.2, -0.15) is 11.3 Å². The lowest BCUT2D eigenvalue weighted by atomic mass is 10.1. The number of sulfonamides is 1. The van der Waals surface area contributed by atoms with E-state index >= 15 is 0 Å². The molecule has 0 aliphatic rings. The number of nitrogens with one attached hydrogen (secondary N) is 1. The van der Waals surface area contributed by atoms with E-state index in [2.05, 4.69) is 10.3 Å². The molecule has 0 fully saturated rings. The smallest absolute Gasteiger partial charge is 0.238 e. The van der Waals surface area contributed by atoms with Gasteiger partial charge in [-0.05, 0) is 36.1 Å². The number of thiophene rings is 1. The van der Waals surface area contributed by atoms with E-state index in [0.717, 1.165) is 10.6 Å². The number of thiazole rings is 1. The molecule has 9 heteroatoms. The molecule has 0 saturated carbocycles. The fourth-order valence-corrected chi connectivity index (χ4v) is 4.51. The van der Waals surface area contributed by atoms with E-state index in [-0.39, 0.29) is 23.3 Å². The molecule has 0 aliphatic carbocycles. The second-order valence-corrected chi connectivity index (χ2v) is 8.94. The van der Waals surface area contributed by atoms with Gasteiger partial charge in [-0.25, -0.2) is 18.5 Å². The number of nitrogens with zero attached hydrogens (tertiary/aromatic N) is 1. The molecule has 6 nitrogen and oxygen atoms in total. The first-order valence-electron chi connectivity index (χ1n) is 7.72. The van der Waals surface area contributed by atoms with Crippen LogP contribution in [0, 0.1) is 0 Å². The summed E-state index contributed by atoms with van der Waals surface area (Å²) in [5, 5.41) is 14.8. The van der Waals surface area contributed by atoms with Crippen molar-refractivity contribution < 1.29 is 13.2 Å². The second-order valence-electron chi connectivity index (χ2n) is 5.74. The molecule has 136 valence electrons. The highest BCUT2D eigenvalue weighted by Gasteiger charge is 2.15. The SMILES string of the molecule is CC(NC(=O)Cc1csc(-c2ccsc2)n1)c1cccc(S(N)(=O)=O)c1. The predicted octanol–water partition coefficient (Wildman–Crippen LogP) is 2.94. The first kappa shape index (κ1) is 18.7. The number of hydrogen-bond acceptors (Lipinski definition) is 6. The molecule has 2 heterocycles. The highest BCUT2D eigenvalue weighted by Crippen LogP contribution is 2.26. The van der Waals surface area contributed by atoms with Crippen molar-refractivity contribution in [3.63, 3.8) is 0 Å². The van der Waals surface area contributed by atoms with Crippen LogP contribution in [-0.2, 0) is 21.2 Å². The first-order valence-corrected chi connectivity index (χ1v) is 11.1. The van der Waals surface area contributed by atoms with Gasteiger partial charge in [0.05, 0.1) is 23.1 Å². The maximum Gasteiger partial charge on any atom is 0.238 e. The quantitative estimate of drug-likeness (QED) is 0.656. The largest absolute Gasteiger partial charge is 0.349 e. The van der Waals surface area contributed by atoms with Gasteiger partial charge in [0.1, 0.15) is 5.01 Å². The van der Waals surface area contributed by atoms with Gasteiger partial charge in [-0.3, -0.25) is 4.79 Å². The van der Waals surface area contributed by atoms with Gasteiger partial charge >= 0.3 is 0 Å². The van der Waals surface area contributed by atoms with Gasteiger partial charge < -0.3 is 5.32 Å². The van der Waals surface area contributed by atoms with E-state index in [9.17, 15) is 13.2 Å². The fraction of sp³-hybridized carbons (Fsp3) is 0.176. The molecular formula is C17H17N3O3S3. The number of aromatic nitrogens is 1. The summed E-state index contributed by atoms with van der Waals surface area (Å²) in [5.74, 6) is -0.180. The fourth-order valence-electron chi connectivity index (χ4n) is 2.41. The number of amides is 1. The molecule has 0 aliphatic heterocycles. The Bertz CT molecular complexity index is 1010. The minimum atomic E-state index is -3.78. The number of rotatable bonds is 6. The van der Waals surface area contributed by atoms with Crippen LogP contribution < -0.4 is 10.5 Å². The van der Waals surface area contributed by atoms with Crippen LogP contribution in [0.4, 0.5) is 0 Å². The lowest BCUT2D eigenvalue weighted by Crippen LogP contribution is -2.28. The van der Waals surface area contributed by atoms with Crippen LogP contribution in [0.2, 0.25) is 0 Å². The van der Waals surface area contributed by atoms with Crippen LogP contribution in [0.1, 0.15) is 24.2 Å². The van der Waals surface area contributed by atoms with Crippen molar-refractivity contribution in [1.82, 2.24) is 10.3 Å². The van der Waals surface area contributed by atoms with E-state index < -0.39 is 10.0 Å². The summed E-state index contributed by atoms with van der Waals surface area (Å²) in [5.41, 5.74) is 2.43. The molecule has 0 radical (unpaired) electrons. The number of benzene rings is 1. The third-order valence-corrected chi connectivity index (χ3v) is 6.26. The number of primary sulfonamides is 1. The molecule has 3 rings (SSSR count). The van der Waals surface area contributed by atoms with E-state index in [4.69, 9.17) is 5.14 Å². The third kappa shape index (κ3) is 4.55. The average molecular weight is 408 g/mol. The number of carbonyl (C=O) groups excluding carboxylic acids is 1. The standard InChI is InChI=1S/C17H17N3O3S3/c1-11(12-3-2-4-15(7-12)26(18,22)23)19-16(21)8-14-10-25-17(20-14)13-5-6-24-9-13/h2-7,9-11H,8H2,1H3,(H,19,21)(H2,18,22,23). The maximum absolute atomic E-state index is 12.3. The van der Waals surface area contributed by atoms with E-state index in [1.54, 1.807) is 30.4 Å². The molecule has 0 bridgehead atoms. The molecule has 26 heavy (non-hydrogen) atoms. The van der Waals surface area contributed by atoms with Crippen LogP contribution >= 0.6 is 22.7 Å². The highest BCUT2D eigenvalue weighted by atomic mass is 32.2. The molecule has 1 aromatic carbocycles. The summed E-state index contributed by atoms with van der Waals surface area (Å²) in [6.07, 6.45) is 0.167. The second kappa shape index (κ2) is 7.67. The van der Waals surface area contributed by atoms with Crippen molar-refractivity contribution in [3.8, 4) is 10.6 Å². The lowest BCUT2D eigenvalue weighted by Gasteiger charge is -2.14. The van der Waals surface area contributed by atoms with E-state index in [1.807, 2.05) is 22.2 Å². The Balaban J connectivity index is 1.65.